The molecule has 7 nitrogen and oxygen atoms in total. The van der Waals surface area contributed by atoms with Gasteiger partial charge >= 0.3 is 0 Å². The van der Waals surface area contributed by atoms with Gasteiger partial charge in [0.1, 0.15) is 6.04 Å². The van der Waals surface area contributed by atoms with Crippen LogP contribution in [-0.4, -0.2) is 60.6 Å². The van der Waals surface area contributed by atoms with Crippen molar-refractivity contribution in [3.63, 3.8) is 0 Å². The van der Waals surface area contributed by atoms with E-state index in [9.17, 15) is 14.7 Å². The summed E-state index contributed by atoms with van der Waals surface area (Å²) in [4.78, 5) is 25.5. The number of piperazine rings is 1. The van der Waals surface area contributed by atoms with Gasteiger partial charge in [0, 0.05) is 26.2 Å². The van der Waals surface area contributed by atoms with Crippen LogP contribution in [0.25, 0.3) is 0 Å². The first-order valence-electron chi connectivity index (χ1n) is 6.17. The Hall–Kier alpha value is -1.86. The highest BCUT2D eigenvalue weighted by molar-refractivity contribution is 5.95. The minimum atomic E-state index is -0.935. The highest BCUT2D eigenvalue weighted by atomic mass is 16.3. The van der Waals surface area contributed by atoms with Gasteiger partial charge in [0.15, 0.2) is 5.76 Å². The topological polar surface area (TPSA) is 94.8 Å². The molecule has 0 bridgehead atoms. The molecule has 19 heavy (non-hydrogen) atoms. The van der Waals surface area contributed by atoms with Gasteiger partial charge in [-0.3, -0.25) is 9.59 Å². The van der Waals surface area contributed by atoms with Crippen molar-refractivity contribution in [3.8, 4) is 0 Å². The summed E-state index contributed by atoms with van der Waals surface area (Å²) in [6, 6.07) is 2.15. The van der Waals surface area contributed by atoms with Crippen LogP contribution in [0, 0.1) is 0 Å². The van der Waals surface area contributed by atoms with Crippen LogP contribution in [0.15, 0.2) is 22.8 Å². The van der Waals surface area contributed by atoms with Gasteiger partial charge in [-0.2, -0.15) is 0 Å². The summed E-state index contributed by atoms with van der Waals surface area (Å²) in [7, 11) is 0. The van der Waals surface area contributed by atoms with Crippen LogP contribution in [0.4, 0.5) is 0 Å². The first kappa shape index (κ1) is 13.6. The summed E-state index contributed by atoms with van der Waals surface area (Å²) in [5.41, 5.74) is 0. The fraction of sp³-hybridized carbons (Fsp3) is 0.500. The van der Waals surface area contributed by atoms with Gasteiger partial charge in [-0.25, -0.2) is 0 Å². The Morgan fingerprint density at radius 2 is 2.21 bits per heavy atom. The Kier molecular flexibility index (Phi) is 4.53. The molecular formula is C12H17N3O4. The quantitative estimate of drug-likeness (QED) is 0.637. The van der Waals surface area contributed by atoms with Crippen molar-refractivity contribution in [1.82, 2.24) is 15.5 Å². The van der Waals surface area contributed by atoms with E-state index in [-0.39, 0.29) is 11.7 Å². The van der Waals surface area contributed by atoms with Gasteiger partial charge in [-0.15, -0.1) is 0 Å². The molecule has 1 saturated heterocycles. The van der Waals surface area contributed by atoms with E-state index in [1.807, 2.05) is 0 Å². The molecule has 1 aliphatic rings. The average Bonchev–Trinajstić information content (AvgIpc) is 2.99. The average molecular weight is 267 g/mol. The molecule has 1 atom stereocenters. The first-order valence-corrected chi connectivity index (χ1v) is 6.17. The lowest BCUT2D eigenvalue weighted by Crippen LogP contribution is -2.55. The second-order valence-electron chi connectivity index (χ2n) is 4.26. The van der Waals surface area contributed by atoms with E-state index in [1.165, 1.54) is 12.3 Å². The lowest BCUT2D eigenvalue weighted by atomic mass is 10.2. The maximum absolute atomic E-state index is 12.1. The fourth-order valence-electron chi connectivity index (χ4n) is 1.93. The van der Waals surface area contributed by atoms with Gasteiger partial charge in [0.05, 0.1) is 12.9 Å². The maximum Gasteiger partial charge on any atom is 0.287 e. The molecule has 0 saturated carbocycles. The fourth-order valence-corrected chi connectivity index (χ4v) is 1.93. The van der Waals surface area contributed by atoms with E-state index < -0.39 is 18.6 Å². The third-order valence-corrected chi connectivity index (χ3v) is 2.96. The smallest absolute Gasteiger partial charge is 0.287 e. The van der Waals surface area contributed by atoms with Crippen molar-refractivity contribution in [2.24, 2.45) is 0 Å². The predicted molar refractivity (Wildman–Crippen MR) is 66.5 cm³/mol. The van der Waals surface area contributed by atoms with Crippen LogP contribution in [0.2, 0.25) is 0 Å². The first-order chi connectivity index (χ1) is 9.22. The third-order valence-electron chi connectivity index (χ3n) is 2.96. The number of carbonyl (C=O) groups excluding carboxylic acids is 2. The Balaban J connectivity index is 1.95. The highest BCUT2D eigenvalue weighted by Crippen LogP contribution is 2.02. The molecule has 0 aromatic carbocycles. The molecule has 2 rings (SSSR count). The zero-order valence-corrected chi connectivity index (χ0v) is 10.5. The van der Waals surface area contributed by atoms with Crippen molar-refractivity contribution < 1.29 is 19.1 Å². The number of aliphatic hydroxyl groups is 1. The molecule has 1 aromatic rings. The summed E-state index contributed by atoms with van der Waals surface area (Å²) in [5, 5.41) is 14.9. The Morgan fingerprint density at radius 1 is 1.47 bits per heavy atom. The lowest BCUT2D eigenvalue weighted by molar-refractivity contribution is -0.134. The summed E-state index contributed by atoms with van der Waals surface area (Å²) in [6.45, 7) is 2.15. The molecule has 104 valence electrons. The van der Waals surface area contributed by atoms with Crippen LogP contribution >= 0.6 is 0 Å². The minimum absolute atomic E-state index is 0.117. The van der Waals surface area contributed by atoms with Crippen molar-refractivity contribution in [2.45, 2.75) is 6.04 Å². The molecule has 0 unspecified atom stereocenters. The number of amides is 2. The number of nitrogens with zero attached hydrogens (tertiary/aromatic N) is 1. The number of furan rings is 1. The second-order valence-corrected chi connectivity index (χ2v) is 4.26. The monoisotopic (exact) mass is 267 g/mol. The zero-order chi connectivity index (χ0) is 13.7. The number of aliphatic hydroxyl groups excluding tert-OH is 1. The molecular weight excluding hydrogens is 250 g/mol. The largest absolute Gasteiger partial charge is 0.459 e. The van der Waals surface area contributed by atoms with Gasteiger partial charge < -0.3 is 25.1 Å². The van der Waals surface area contributed by atoms with Crippen molar-refractivity contribution in [2.75, 3.05) is 32.8 Å². The van der Waals surface area contributed by atoms with Gasteiger partial charge in [0.25, 0.3) is 5.91 Å². The predicted octanol–water partition coefficient (Wildman–Crippen LogP) is -1.20. The van der Waals surface area contributed by atoms with E-state index in [2.05, 4.69) is 10.6 Å². The Labute approximate surface area is 110 Å². The Bertz CT molecular complexity index is 426. The van der Waals surface area contributed by atoms with Gasteiger partial charge in [-0.1, -0.05) is 0 Å². The van der Waals surface area contributed by atoms with E-state index >= 15 is 0 Å². The van der Waals surface area contributed by atoms with Crippen LogP contribution in [0.3, 0.4) is 0 Å². The molecule has 2 amide bonds. The molecule has 0 aliphatic carbocycles. The minimum Gasteiger partial charge on any atom is -0.459 e. The number of hydrogen-bond acceptors (Lipinski definition) is 5. The van der Waals surface area contributed by atoms with Gasteiger partial charge in [-0.05, 0) is 12.1 Å². The number of carbonyl (C=O) groups is 2. The normalized spacial score (nSPS) is 17.0. The molecule has 3 N–H and O–H groups in total. The van der Waals surface area contributed by atoms with E-state index in [1.54, 1.807) is 11.0 Å². The third kappa shape index (κ3) is 3.33. The molecule has 0 spiro atoms. The van der Waals surface area contributed by atoms with Crippen molar-refractivity contribution >= 4 is 11.8 Å². The van der Waals surface area contributed by atoms with Crippen LogP contribution in [0.5, 0.6) is 0 Å². The van der Waals surface area contributed by atoms with Crippen LogP contribution in [0.1, 0.15) is 10.6 Å². The Morgan fingerprint density at radius 3 is 2.79 bits per heavy atom. The molecule has 1 aromatic heterocycles. The molecule has 2 heterocycles. The van der Waals surface area contributed by atoms with Crippen molar-refractivity contribution in [3.05, 3.63) is 24.2 Å². The molecule has 7 heteroatoms. The molecule has 1 fully saturated rings. The van der Waals surface area contributed by atoms with E-state index in [0.29, 0.717) is 13.1 Å². The standard InChI is InChI=1S/C12H17N3O4/c16-8-9(12(18)15-5-3-13-4-6-15)14-11(17)10-2-1-7-19-10/h1-2,7,9,13,16H,3-6,8H2,(H,14,17)/t9-/m1/s1. The van der Waals surface area contributed by atoms with Crippen LogP contribution < -0.4 is 10.6 Å². The second kappa shape index (κ2) is 6.35. The number of hydrogen-bond donors (Lipinski definition) is 3. The lowest BCUT2D eigenvalue weighted by Gasteiger charge is -2.30. The SMILES string of the molecule is O=C(N[C@H](CO)C(=O)N1CCNCC1)c1ccco1. The van der Waals surface area contributed by atoms with E-state index in [0.717, 1.165) is 13.1 Å². The maximum atomic E-state index is 12.1. The number of nitrogens with one attached hydrogen (secondary N) is 2. The zero-order valence-electron chi connectivity index (χ0n) is 10.5. The molecule has 1 aliphatic heterocycles. The van der Waals surface area contributed by atoms with Gasteiger partial charge in [0.2, 0.25) is 5.91 Å². The summed E-state index contributed by atoms with van der Waals surface area (Å²) < 4.78 is 4.94. The summed E-state index contributed by atoms with van der Waals surface area (Å²) in [5.74, 6) is -0.664. The summed E-state index contributed by atoms with van der Waals surface area (Å²) in [6.07, 6.45) is 1.38. The highest BCUT2D eigenvalue weighted by Gasteiger charge is 2.27. The van der Waals surface area contributed by atoms with E-state index in [4.69, 9.17) is 4.42 Å². The van der Waals surface area contributed by atoms with Crippen LogP contribution in [-0.2, 0) is 4.79 Å². The molecule has 0 radical (unpaired) electrons. The number of rotatable bonds is 4. The van der Waals surface area contributed by atoms with Crippen molar-refractivity contribution in [1.29, 1.82) is 0 Å². The summed E-state index contributed by atoms with van der Waals surface area (Å²) >= 11 is 0.